The highest BCUT2D eigenvalue weighted by atomic mass is 32.2. The number of rotatable bonds is 7. The Hall–Kier alpha value is -1.54. The Morgan fingerprint density at radius 3 is 3.08 bits per heavy atom. The monoisotopic (exact) mass is 380 g/mol. The molecule has 2 N–H and O–H groups in total. The van der Waals surface area contributed by atoms with E-state index in [1.54, 1.807) is 6.26 Å². The van der Waals surface area contributed by atoms with E-state index in [1.807, 2.05) is 12.1 Å². The lowest BCUT2D eigenvalue weighted by molar-refractivity contribution is -0.119. The third-order valence-electron chi connectivity index (χ3n) is 4.78. The van der Waals surface area contributed by atoms with E-state index in [2.05, 4.69) is 34.7 Å². The van der Waals surface area contributed by atoms with Crippen LogP contribution in [0.1, 0.15) is 38.9 Å². The Kier molecular flexibility index (Phi) is 6.36. The molecule has 25 heavy (non-hydrogen) atoms. The van der Waals surface area contributed by atoms with Crippen molar-refractivity contribution in [2.24, 2.45) is 11.8 Å². The first-order chi connectivity index (χ1) is 12.1. The van der Waals surface area contributed by atoms with Crippen LogP contribution in [0, 0.1) is 11.8 Å². The molecular weight excluding hydrogens is 356 g/mol. The van der Waals surface area contributed by atoms with E-state index >= 15 is 0 Å². The summed E-state index contributed by atoms with van der Waals surface area (Å²) in [5.41, 5.74) is 0. The smallest absolute Gasteiger partial charge is 0.230 e. The van der Waals surface area contributed by atoms with Crippen LogP contribution in [-0.4, -0.2) is 27.9 Å². The van der Waals surface area contributed by atoms with Crippen LogP contribution in [0.2, 0.25) is 0 Å². The summed E-state index contributed by atoms with van der Waals surface area (Å²) < 4.78 is 6.06. The molecule has 2 aromatic heterocycles. The van der Waals surface area contributed by atoms with Gasteiger partial charge in [0, 0.05) is 6.04 Å². The Balaban J connectivity index is 1.41. The highest BCUT2D eigenvalue weighted by molar-refractivity contribution is 8.01. The highest BCUT2D eigenvalue weighted by Crippen LogP contribution is 2.30. The molecule has 2 aromatic rings. The van der Waals surface area contributed by atoms with E-state index in [0.29, 0.717) is 30.2 Å². The molecule has 3 unspecified atom stereocenters. The van der Waals surface area contributed by atoms with Gasteiger partial charge in [0.2, 0.25) is 11.0 Å². The normalized spacial score (nSPS) is 23.4. The Labute approximate surface area is 156 Å². The number of furan rings is 1. The van der Waals surface area contributed by atoms with Gasteiger partial charge in [-0.1, -0.05) is 49.8 Å². The molecule has 8 heteroatoms. The highest BCUT2D eigenvalue weighted by Gasteiger charge is 2.28. The summed E-state index contributed by atoms with van der Waals surface area (Å²) in [6, 6.07) is 4.06. The summed E-state index contributed by atoms with van der Waals surface area (Å²) in [5, 5.41) is 15.3. The van der Waals surface area contributed by atoms with Gasteiger partial charge < -0.3 is 15.1 Å². The van der Waals surface area contributed by atoms with Crippen molar-refractivity contribution in [3.8, 4) is 0 Å². The van der Waals surface area contributed by atoms with Crippen molar-refractivity contribution < 1.29 is 9.21 Å². The van der Waals surface area contributed by atoms with Crippen LogP contribution in [0.3, 0.4) is 0 Å². The van der Waals surface area contributed by atoms with Gasteiger partial charge in [-0.25, -0.2) is 0 Å². The van der Waals surface area contributed by atoms with Crippen molar-refractivity contribution in [3.63, 3.8) is 0 Å². The quantitative estimate of drug-likeness (QED) is 0.712. The zero-order valence-electron chi connectivity index (χ0n) is 14.5. The van der Waals surface area contributed by atoms with Crippen LogP contribution >= 0.6 is 23.1 Å². The lowest BCUT2D eigenvalue weighted by Gasteiger charge is -2.34. The molecule has 1 aliphatic carbocycles. The van der Waals surface area contributed by atoms with Crippen molar-refractivity contribution in [3.05, 3.63) is 24.2 Å². The van der Waals surface area contributed by atoms with E-state index in [0.717, 1.165) is 21.7 Å². The summed E-state index contributed by atoms with van der Waals surface area (Å²) in [4.78, 5) is 12.2. The second kappa shape index (κ2) is 8.71. The number of nitrogens with zero attached hydrogens (tertiary/aromatic N) is 2. The summed E-state index contributed by atoms with van der Waals surface area (Å²) in [6.45, 7) is 5.09. The molecule has 0 aliphatic heterocycles. The number of nitrogens with one attached hydrogen (secondary N) is 2. The number of anilines is 1. The molecule has 3 atom stereocenters. The number of hydrogen-bond donors (Lipinski definition) is 2. The summed E-state index contributed by atoms with van der Waals surface area (Å²) >= 11 is 2.88. The van der Waals surface area contributed by atoms with E-state index < -0.39 is 0 Å². The Morgan fingerprint density at radius 1 is 1.40 bits per heavy atom. The fourth-order valence-electron chi connectivity index (χ4n) is 3.08. The molecule has 1 saturated carbocycles. The van der Waals surface area contributed by atoms with Crippen LogP contribution in [0.5, 0.6) is 0 Å². The van der Waals surface area contributed by atoms with Crippen molar-refractivity contribution in [2.45, 2.75) is 50.0 Å². The van der Waals surface area contributed by atoms with Gasteiger partial charge in [0.15, 0.2) is 4.34 Å². The van der Waals surface area contributed by atoms with Crippen LogP contribution in [-0.2, 0) is 11.3 Å². The minimum atomic E-state index is 0.0799. The largest absolute Gasteiger partial charge is 0.467 e. The molecule has 2 heterocycles. The van der Waals surface area contributed by atoms with Gasteiger partial charge in [-0.3, -0.25) is 4.79 Å². The molecular formula is C17H24N4O2S2. The molecule has 0 saturated heterocycles. The molecule has 136 valence electrons. The zero-order valence-corrected chi connectivity index (χ0v) is 16.2. The van der Waals surface area contributed by atoms with Crippen LogP contribution in [0.15, 0.2) is 27.2 Å². The topological polar surface area (TPSA) is 80.0 Å². The van der Waals surface area contributed by atoms with Crippen LogP contribution < -0.4 is 10.6 Å². The lowest BCUT2D eigenvalue weighted by Crippen LogP contribution is -2.44. The zero-order chi connectivity index (χ0) is 17.6. The van der Waals surface area contributed by atoms with E-state index in [9.17, 15) is 4.79 Å². The van der Waals surface area contributed by atoms with Gasteiger partial charge in [0.05, 0.1) is 18.6 Å². The molecule has 1 fully saturated rings. The van der Waals surface area contributed by atoms with Gasteiger partial charge in [0.1, 0.15) is 5.76 Å². The number of aromatic nitrogens is 2. The van der Waals surface area contributed by atoms with Crippen LogP contribution in [0.4, 0.5) is 5.13 Å². The Morgan fingerprint density at radius 2 is 2.28 bits per heavy atom. The number of amides is 1. The molecule has 0 aromatic carbocycles. The maximum absolute atomic E-state index is 12.2. The molecule has 0 radical (unpaired) electrons. The second-order valence-corrected chi connectivity index (χ2v) is 8.74. The minimum Gasteiger partial charge on any atom is -0.467 e. The standard InChI is InChI=1S/C17H24N4O2S2/c1-11-5-3-7-14(12(11)2)19-15(22)10-24-17-21-20-16(25-17)18-9-13-6-4-8-23-13/h4,6,8,11-12,14H,3,5,7,9-10H2,1-2H3,(H,18,20)(H,19,22). The first-order valence-electron chi connectivity index (χ1n) is 8.63. The second-order valence-electron chi connectivity index (χ2n) is 6.54. The first kappa shape index (κ1) is 18.3. The predicted octanol–water partition coefficient (Wildman–Crippen LogP) is 3.78. The molecule has 3 rings (SSSR count). The van der Waals surface area contributed by atoms with Crippen LogP contribution in [0.25, 0.3) is 0 Å². The summed E-state index contributed by atoms with van der Waals surface area (Å²) in [6.07, 6.45) is 5.19. The lowest BCUT2D eigenvalue weighted by atomic mass is 9.78. The van der Waals surface area contributed by atoms with E-state index in [1.165, 1.54) is 35.9 Å². The fourth-order valence-corrected chi connectivity index (χ4v) is 4.64. The SMILES string of the molecule is CC1CCCC(NC(=O)CSc2nnc(NCc3ccco3)s2)C1C. The maximum atomic E-state index is 12.2. The average Bonchev–Trinajstić information content (AvgIpc) is 3.27. The minimum absolute atomic E-state index is 0.0799. The van der Waals surface area contributed by atoms with Gasteiger partial charge in [-0.15, -0.1) is 10.2 Å². The van der Waals surface area contributed by atoms with Gasteiger partial charge >= 0.3 is 0 Å². The number of carbonyl (C=O) groups excluding carboxylic acids is 1. The number of carbonyl (C=O) groups is 1. The van der Waals surface area contributed by atoms with Gasteiger partial charge in [-0.2, -0.15) is 0 Å². The summed E-state index contributed by atoms with van der Waals surface area (Å²) in [5.74, 6) is 2.53. The van der Waals surface area contributed by atoms with Crippen molar-refractivity contribution in [2.75, 3.05) is 11.1 Å². The third-order valence-corrected chi connectivity index (χ3v) is 6.79. The van der Waals surface area contributed by atoms with Crippen molar-refractivity contribution in [1.82, 2.24) is 15.5 Å². The van der Waals surface area contributed by atoms with Gasteiger partial charge in [-0.05, 0) is 30.4 Å². The van der Waals surface area contributed by atoms with E-state index in [-0.39, 0.29) is 5.91 Å². The molecule has 0 spiro atoms. The first-order valence-corrected chi connectivity index (χ1v) is 10.4. The van der Waals surface area contributed by atoms with Crippen molar-refractivity contribution in [1.29, 1.82) is 0 Å². The maximum Gasteiger partial charge on any atom is 0.230 e. The van der Waals surface area contributed by atoms with Gasteiger partial charge in [0.25, 0.3) is 0 Å². The van der Waals surface area contributed by atoms with Crippen molar-refractivity contribution >= 4 is 34.1 Å². The number of thioether (sulfide) groups is 1. The number of hydrogen-bond acceptors (Lipinski definition) is 7. The average molecular weight is 381 g/mol. The molecule has 6 nitrogen and oxygen atoms in total. The predicted molar refractivity (Wildman–Crippen MR) is 101 cm³/mol. The summed E-state index contributed by atoms with van der Waals surface area (Å²) in [7, 11) is 0. The van der Waals surface area contributed by atoms with E-state index in [4.69, 9.17) is 4.42 Å². The molecule has 0 bridgehead atoms. The third kappa shape index (κ3) is 5.22. The molecule has 1 amide bonds. The molecule has 1 aliphatic rings. The Bertz CT molecular complexity index is 674. The fraction of sp³-hybridized carbons (Fsp3) is 0.588.